The number of pyridine rings is 1. The molecule has 218 valence electrons. The van der Waals surface area contributed by atoms with Crippen molar-refractivity contribution >= 4 is 17.5 Å². The van der Waals surface area contributed by atoms with Crippen LogP contribution < -0.4 is 10.1 Å². The van der Waals surface area contributed by atoms with E-state index in [0.717, 1.165) is 26.1 Å². The third kappa shape index (κ3) is 6.80. The van der Waals surface area contributed by atoms with Crippen LogP contribution in [0.3, 0.4) is 0 Å². The molecule has 0 saturated heterocycles. The Morgan fingerprint density at radius 1 is 1.36 bits per heavy atom. The summed E-state index contributed by atoms with van der Waals surface area (Å²) in [6, 6.07) is 0.985. The van der Waals surface area contributed by atoms with Gasteiger partial charge >= 0.3 is 12.8 Å². The average Bonchev–Trinajstić information content (AvgIpc) is 3.15. The van der Waals surface area contributed by atoms with Crippen LogP contribution in [0.25, 0.3) is 11.3 Å². The van der Waals surface area contributed by atoms with Crippen molar-refractivity contribution in [1.82, 2.24) is 20.1 Å². The number of amides is 1. The Kier molecular flexibility index (Phi) is 9.18. The molecule has 39 heavy (non-hydrogen) atoms. The molecule has 2 heterocycles. The van der Waals surface area contributed by atoms with Crippen LogP contribution in [0.5, 0.6) is 5.75 Å². The van der Waals surface area contributed by atoms with Gasteiger partial charge in [-0.15, -0.1) is 0 Å². The molecule has 3 atom stereocenters. The summed E-state index contributed by atoms with van der Waals surface area (Å²) in [5.74, 6) is -1.04. The number of hydrogen-bond donors (Lipinski definition) is 3. The maximum absolute atomic E-state index is 13.4. The standard InChI is InChI=1S/C25H32ClF5N4O4/c1-5-35-20(15-11-32-14(9-16(15)39-22(27)28)10-23(3,4)25(29,30)31)18(26)19(34-35)21(37)33-12-24(38)7-6-13(2)8-17(24)36/h9,11,13,17,22,36,38H,5-8,10,12H2,1-4H3,(H,33,37)/t13-,17-,24-/m0/s1. The molecule has 1 saturated carbocycles. The number of aliphatic hydroxyl groups is 2. The second-order valence-corrected chi connectivity index (χ2v) is 11.0. The Morgan fingerprint density at radius 2 is 2.03 bits per heavy atom. The summed E-state index contributed by atoms with van der Waals surface area (Å²) in [4.78, 5) is 17.0. The fourth-order valence-corrected chi connectivity index (χ4v) is 4.80. The predicted octanol–water partition coefficient (Wildman–Crippen LogP) is 4.99. The van der Waals surface area contributed by atoms with Crippen molar-refractivity contribution in [2.24, 2.45) is 11.3 Å². The Bertz CT molecular complexity index is 1190. The summed E-state index contributed by atoms with van der Waals surface area (Å²) < 4.78 is 72.5. The van der Waals surface area contributed by atoms with E-state index in [0.29, 0.717) is 12.8 Å². The number of carbonyl (C=O) groups is 1. The molecule has 2 aromatic rings. The van der Waals surface area contributed by atoms with E-state index in [9.17, 15) is 37.0 Å². The lowest BCUT2D eigenvalue weighted by Gasteiger charge is -2.39. The zero-order valence-corrected chi connectivity index (χ0v) is 22.7. The van der Waals surface area contributed by atoms with Crippen LogP contribution in [0.15, 0.2) is 12.3 Å². The van der Waals surface area contributed by atoms with Crippen molar-refractivity contribution in [3.63, 3.8) is 0 Å². The molecule has 0 aliphatic heterocycles. The molecule has 8 nitrogen and oxygen atoms in total. The molecule has 1 aliphatic carbocycles. The molecule has 0 radical (unpaired) electrons. The van der Waals surface area contributed by atoms with Gasteiger partial charge in [0.15, 0.2) is 5.69 Å². The van der Waals surface area contributed by atoms with E-state index in [1.165, 1.54) is 4.68 Å². The molecule has 1 fully saturated rings. The van der Waals surface area contributed by atoms with E-state index in [1.807, 2.05) is 6.92 Å². The zero-order chi connectivity index (χ0) is 29.3. The zero-order valence-electron chi connectivity index (χ0n) is 21.9. The lowest BCUT2D eigenvalue weighted by atomic mass is 9.77. The van der Waals surface area contributed by atoms with Crippen LogP contribution in [0.4, 0.5) is 22.0 Å². The first kappa shape index (κ1) is 31.0. The highest BCUT2D eigenvalue weighted by Gasteiger charge is 2.47. The van der Waals surface area contributed by atoms with Crippen molar-refractivity contribution in [2.75, 3.05) is 6.54 Å². The van der Waals surface area contributed by atoms with Crippen LogP contribution in [0.2, 0.25) is 5.02 Å². The third-order valence-electron chi connectivity index (χ3n) is 7.06. The fraction of sp³-hybridized carbons (Fsp3) is 0.640. The Balaban J connectivity index is 1.94. The molecule has 3 N–H and O–H groups in total. The molecule has 14 heteroatoms. The van der Waals surface area contributed by atoms with Gasteiger partial charge in [0.05, 0.1) is 27.8 Å². The second kappa shape index (κ2) is 11.5. The smallest absolute Gasteiger partial charge is 0.394 e. The van der Waals surface area contributed by atoms with Crippen LogP contribution >= 0.6 is 11.6 Å². The van der Waals surface area contributed by atoms with E-state index in [4.69, 9.17) is 11.6 Å². The maximum atomic E-state index is 13.4. The van der Waals surface area contributed by atoms with Crippen molar-refractivity contribution in [1.29, 1.82) is 0 Å². The molecular formula is C25H32ClF5N4O4. The minimum atomic E-state index is -4.57. The largest absolute Gasteiger partial charge is 0.434 e. The number of nitrogens with one attached hydrogen (secondary N) is 1. The first-order valence-electron chi connectivity index (χ1n) is 12.4. The number of nitrogens with zero attached hydrogens (tertiary/aromatic N) is 3. The summed E-state index contributed by atoms with van der Waals surface area (Å²) in [6.07, 6.45) is -3.84. The highest BCUT2D eigenvalue weighted by molar-refractivity contribution is 6.36. The van der Waals surface area contributed by atoms with Crippen LogP contribution in [0.1, 0.15) is 63.1 Å². The van der Waals surface area contributed by atoms with Crippen molar-refractivity contribution in [2.45, 2.75) is 84.4 Å². The minimum absolute atomic E-state index is 0.000615. The van der Waals surface area contributed by atoms with Crippen molar-refractivity contribution < 1.29 is 41.7 Å². The van der Waals surface area contributed by atoms with Gasteiger partial charge in [0.1, 0.15) is 11.4 Å². The number of hydrogen-bond acceptors (Lipinski definition) is 6. The second-order valence-electron chi connectivity index (χ2n) is 10.6. The number of alkyl halides is 5. The molecule has 0 bridgehead atoms. The monoisotopic (exact) mass is 582 g/mol. The molecular weight excluding hydrogens is 551 g/mol. The number of aliphatic hydroxyl groups excluding tert-OH is 1. The molecule has 2 aromatic heterocycles. The fourth-order valence-electron chi connectivity index (χ4n) is 4.47. The van der Waals surface area contributed by atoms with Crippen molar-refractivity contribution in [3.8, 4) is 17.0 Å². The quantitative estimate of drug-likeness (QED) is 0.359. The summed E-state index contributed by atoms with van der Waals surface area (Å²) in [5, 5.41) is 27.6. The SMILES string of the molecule is CCn1nc(C(=O)NC[C@@]2(O)CC[C@H](C)C[C@@H]2O)c(Cl)c1-c1cnc(CC(C)(C)C(F)(F)F)cc1OC(F)F. The van der Waals surface area contributed by atoms with Gasteiger partial charge in [0.25, 0.3) is 5.91 Å². The third-order valence-corrected chi connectivity index (χ3v) is 7.42. The summed E-state index contributed by atoms with van der Waals surface area (Å²) >= 11 is 6.48. The normalized spacial score (nSPS) is 22.3. The van der Waals surface area contributed by atoms with Crippen LogP contribution in [-0.4, -0.2) is 61.9 Å². The Hall–Kier alpha value is -2.51. The van der Waals surface area contributed by atoms with E-state index in [2.05, 4.69) is 20.1 Å². The Morgan fingerprint density at radius 3 is 2.59 bits per heavy atom. The Labute approximate surface area is 227 Å². The number of ether oxygens (including phenoxy) is 1. The molecule has 1 amide bonds. The number of aryl methyl sites for hydroxylation is 1. The maximum Gasteiger partial charge on any atom is 0.394 e. The molecule has 0 aromatic carbocycles. The number of aromatic nitrogens is 3. The molecule has 0 spiro atoms. The van der Waals surface area contributed by atoms with Crippen LogP contribution in [-0.2, 0) is 13.0 Å². The summed E-state index contributed by atoms with van der Waals surface area (Å²) in [5.41, 5.74) is -4.24. The van der Waals surface area contributed by atoms with Gasteiger partial charge in [0.2, 0.25) is 0 Å². The van der Waals surface area contributed by atoms with E-state index < -0.39 is 48.0 Å². The average molecular weight is 583 g/mol. The lowest BCUT2D eigenvalue weighted by molar-refractivity contribution is -0.211. The minimum Gasteiger partial charge on any atom is -0.434 e. The highest BCUT2D eigenvalue weighted by atomic mass is 35.5. The summed E-state index contributed by atoms with van der Waals surface area (Å²) in [7, 11) is 0. The van der Waals surface area contributed by atoms with Gasteiger partial charge < -0.3 is 20.3 Å². The topological polar surface area (TPSA) is 110 Å². The van der Waals surface area contributed by atoms with Gasteiger partial charge in [-0.2, -0.15) is 27.1 Å². The van der Waals surface area contributed by atoms with Crippen LogP contribution in [0, 0.1) is 11.3 Å². The molecule has 0 unspecified atom stereocenters. The number of carbonyl (C=O) groups excluding carboxylic acids is 1. The number of rotatable bonds is 9. The van der Waals surface area contributed by atoms with E-state index in [1.54, 1.807) is 6.92 Å². The lowest BCUT2D eigenvalue weighted by Crippen LogP contribution is -2.54. The van der Waals surface area contributed by atoms with E-state index >= 15 is 0 Å². The first-order chi connectivity index (χ1) is 18.0. The molecule has 3 rings (SSSR count). The van der Waals surface area contributed by atoms with Gasteiger partial charge in [-0.05, 0) is 32.1 Å². The van der Waals surface area contributed by atoms with Gasteiger partial charge in [0, 0.05) is 37.5 Å². The summed E-state index contributed by atoms with van der Waals surface area (Å²) in [6.45, 7) is 2.10. The van der Waals surface area contributed by atoms with E-state index in [-0.39, 0.29) is 53.1 Å². The van der Waals surface area contributed by atoms with Crippen molar-refractivity contribution in [3.05, 3.63) is 28.7 Å². The van der Waals surface area contributed by atoms with Gasteiger partial charge in [-0.25, -0.2) is 0 Å². The predicted molar refractivity (Wildman–Crippen MR) is 133 cm³/mol. The number of halogens is 6. The molecule has 1 aliphatic rings. The highest BCUT2D eigenvalue weighted by Crippen LogP contribution is 2.42. The van der Waals surface area contributed by atoms with Gasteiger partial charge in [-0.1, -0.05) is 32.4 Å². The van der Waals surface area contributed by atoms with Gasteiger partial charge in [-0.3, -0.25) is 14.5 Å². The first-order valence-corrected chi connectivity index (χ1v) is 12.8.